The maximum Gasteiger partial charge on any atom is 0.290 e. The summed E-state index contributed by atoms with van der Waals surface area (Å²) in [6.45, 7) is 6.14. The van der Waals surface area contributed by atoms with Gasteiger partial charge in [-0.2, -0.15) is 0 Å². The van der Waals surface area contributed by atoms with Gasteiger partial charge in [0, 0.05) is 51.2 Å². The number of anilines is 1. The summed E-state index contributed by atoms with van der Waals surface area (Å²) >= 11 is 0. The zero-order valence-electron chi connectivity index (χ0n) is 13.3. The van der Waals surface area contributed by atoms with Crippen molar-refractivity contribution in [2.24, 2.45) is 7.05 Å². The van der Waals surface area contributed by atoms with Crippen LogP contribution in [-0.2, 0) is 13.6 Å². The van der Waals surface area contributed by atoms with Gasteiger partial charge in [-0.25, -0.2) is 9.97 Å². The summed E-state index contributed by atoms with van der Waals surface area (Å²) in [6, 6.07) is 1.80. The van der Waals surface area contributed by atoms with E-state index in [0.717, 1.165) is 44.4 Å². The third-order valence-corrected chi connectivity index (χ3v) is 4.25. The van der Waals surface area contributed by atoms with Gasteiger partial charge in [-0.05, 0) is 13.0 Å². The van der Waals surface area contributed by atoms with E-state index in [1.807, 2.05) is 24.0 Å². The van der Waals surface area contributed by atoms with Crippen LogP contribution in [-0.4, -0.2) is 50.5 Å². The van der Waals surface area contributed by atoms with E-state index in [4.69, 9.17) is 0 Å². The number of aryl methyl sites for hydroxylation is 2. The van der Waals surface area contributed by atoms with Crippen LogP contribution in [0.3, 0.4) is 0 Å². The van der Waals surface area contributed by atoms with Crippen LogP contribution in [0.2, 0.25) is 0 Å². The maximum absolute atomic E-state index is 10.9. The van der Waals surface area contributed by atoms with Gasteiger partial charge >= 0.3 is 0 Å². The van der Waals surface area contributed by atoms with Crippen molar-refractivity contribution in [3.8, 4) is 0 Å². The van der Waals surface area contributed by atoms with Crippen LogP contribution in [0.15, 0.2) is 24.7 Å². The summed E-state index contributed by atoms with van der Waals surface area (Å²) in [6.07, 6.45) is 5.12. The van der Waals surface area contributed by atoms with Crippen molar-refractivity contribution in [1.82, 2.24) is 19.4 Å². The fraction of sp³-hybridized carbons (Fsp3) is 0.467. The van der Waals surface area contributed by atoms with Crippen molar-refractivity contribution in [2.45, 2.75) is 13.5 Å². The normalized spacial score (nSPS) is 15.8. The van der Waals surface area contributed by atoms with Crippen molar-refractivity contribution in [3.05, 3.63) is 46.2 Å². The molecule has 8 heteroatoms. The maximum atomic E-state index is 10.9. The summed E-state index contributed by atoms with van der Waals surface area (Å²) in [5, 5.41) is 10.9. The molecule has 0 amide bonds. The molecule has 0 aromatic carbocycles. The SMILES string of the molecule is Cc1cc(N2CCN(Cc3nccn3C)CC2)ncc1[N+](=O)[O-]. The third kappa shape index (κ3) is 3.31. The van der Waals surface area contributed by atoms with Gasteiger partial charge in [-0.15, -0.1) is 0 Å². The molecule has 0 unspecified atom stereocenters. The van der Waals surface area contributed by atoms with Gasteiger partial charge in [-0.3, -0.25) is 15.0 Å². The summed E-state index contributed by atoms with van der Waals surface area (Å²) in [5.74, 6) is 1.87. The lowest BCUT2D eigenvalue weighted by Gasteiger charge is -2.35. The fourth-order valence-electron chi connectivity index (χ4n) is 2.78. The summed E-state index contributed by atoms with van der Waals surface area (Å²) in [4.78, 5) is 23.6. The zero-order valence-corrected chi connectivity index (χ0v) is 13.3. The van der Waals surface area contributed by atoms with Gasteiger partial charge in [0.25, 0.3) is 5.69 Å². The molecule has 3 heterocycles. The predicted molar refractivity (Wildman–Crippen MR) is 86.3 cm³/mol. The Morgan fingerprint density at radius 2 is 2.00 bits per heavy atom. The van der Waals surface area contributed by atoms with E-state index in [1.165, 1.54) is 6.20 Å². The number of imidazole rings is 1. The van der Waals surface area contributed by atoms with E-state index in [1.54, 1.807) is 13.0 Å². The van der Waals surface area contributed by atoms with Crippen LogP contribution in [0.1, 0.15) is 11.4 Å². The quantitative estimate of drug-likeness (QED) is 0.626. The summed E-state index contributed by atoms with van der Waals surface area (Å²) in [5.41, 5.74) is 0.720. The molecule has 1 aliphatic heterocycles. The van der Waals surface area contributed by atoms with E-state index in [0.29, 0.717) is 5.56 Å². The minimum Gasteiger partial charge on any atom is -0.354 e. The number of rotatable bonds is 4. The molecule has 3 rings (SSSR count). The second-order valence-electron chi connectivity index (χ2n) is 5.80. The van der Waals surface area contributed by atoms with Crippen molar-refractivity contribution < 1.29 is 4.92 Å². The molecule has 122 valence electrons. The number of nitro groups is 1. The first-order chi connectivity index (χ1) is 11.0. The van der Waals surface area contributed by atoms with Crippen LogP contribution >= 0.6 is 0 Å². The van der Waals surface area contributed by atoms with Crippen LogP contribution in [0, 0.1) is 17.0 Å². The van der Waals surface area contributed by atoms with Gasteiger partial charge in [0.15, 0.2) is 0 Å². The highest BCUT2D eigenvalue weighted by molar-refractivity contribution is 5.48. The molecule has 2 aromatic rings. The molecule has 0 saturated carbocycles. The molecule has 0 N–H and O–H groups in total. The average molecular weight is 316 g/mol. The Labute approximate surface area is 134 Å². The second kappa shape index (κ2) is 6.33. The first kappa shape index (κ1) is 15.4. The first-order valence-electron chi connectivity index (χ1n) is 7.59. The zero-order chi connectivity index (χ0) is 16.4. The molecule has 0 atom stereocenters. The first-order valence-corrected chi connectivity index (χ1v) is 7.59. The lowest BCUT2D eigenvalue weighted by atomic mass is 10.2. The molecule has 1 fully saturated rings. The smallest absolute Gasteiger partial charge is 0.290 e. The highest BCUT2D eigenvalue weighted by Crippen LogP contribution is 2.22. The van der Waals surface area contributed by atoms with Crippen LogP contribution in [0.4, 0.5) is 11.5 Å². The molecule has 2 aromatic heterocycles. The lowest BCUT2D eigenvalue weighted by molar-refractivity contribution is -0.385. The fourth-order valence-corrected chi connectivity index (χ4v) is 2.78. The summed E-state index contributed by atoms with van der Waals surface area (Å²) < 4.78 is 2.04. The number of pyridine rings is 1. The van der Waals surface area contributed by atoms with Gasteiger partial charge < -0.3 is 9.47 Å². The van der Waals surface area contributed by atoms with E-state index in [9.17, 15) is 10.1 Å². The van der Waals surface area contributed by atoms with Crippen molar-refractivity contribution >= 4 is 11.5 Å². The molecule has 1 aliphatic rings. The number of piperazine rings is 1. The topological polar surface area (TPSA) is 80.3 Å². The molecule has 0 radical (unpaired) electrons. The Morgan fingerprint density at radius 1 is 1.26 bits per heavy atom. The highest BCUT2D eigenvalue weighted by Gasteiger charge is 2.21. The molecule has 0 aliphatic carbocycles. The molecule has 0 spiro atoms. The third-order valence-electron chi connectivity index (χ3n) is 4.25. The second-order valence-corrected chi connectivity index (χ2v) is 5.80. The molecular weight excluding hydrogens is 296 g/mol. The molecular formula is C15H20N6O2. The van der Waals surface area contributed by atoms with E-state index < -0.39 is 4.92 Å². The minimum atomic E-state index is -0.392. The van der Waals surface area contributed by atoms with E-state index in [2.05, 4.69) is 19.8 Å². The molecule has 0 bridgehead atoms. The standard InChI is InChI=1S/C15H20N6O2/c1-12-9-14(17-10-13(12)21(22)23)20-7-5-19(6-8-20)11-15-16-3-4-18(15)2/h3-4,9-10H,5-8,11H2,1-2H3. The van der Waals surface area contributed by atoms with E-state index >= 15 is 0 Å². The Morgan fingerprint density at radius 3 is 2.57 bits per heavy atom. The monoisotopic (exact) mass is 316 g/mol. The van der Waals surface area contributed by atoms with Crippen molar-refractivity contribution in [2.75, 3.05) is 31.1 Å². The number of nitrogens with zero attached hydrogens (tertiary/aromatic N) is 6. The summed E-state index contributed by atoms with van der Waals surface area (Å²) in [7, 11) is 2.00. The largest absolute Gasteiger partial charge is 0.354 e. The Hall–Kier alpha value is -2.48. The molecule has 1 saturated heterocycles. The molecule has 8 nitrogen and oxygen atoms in total. The predicted octanol–water partition coefficient (Wildman–Crippen LogP) is 1.35. The Kier molecular flexibility index (Phi) is 4.24. The molecule has 23 heavy (non-hydrogen) atoms. The van der Waals surface area contributed by atoms with Gasteiger partial charge in [0.2, 0.25) is 0 Å². The van der Waals surface area contributed by atoms with Gasteiger partial charge in [0.05, 0.1) is 11.5 Å². The Balaban J connectivity index is 1.61. The number of hydrogen-bond donors (Lipinski definition) is 0. The van der Waals surface area contributed by atoms with Crippen LogP contribution in [0.5, 0.6) is 0 Å². The van der Waals surface area contributed by atoms with Crippen molar-refractivity contribution in [3.63, 3.8) is 0 Å². The van der Waals surface area contributed by atoms with Crippen LogP contribution < -0.4 is 4.90 Å². The van der Waals surface area contributed by atoms with Crippen LogP contribution in [0.25, 0.3) is 0 Å². The van der Waals surface area contributed by atoms with Gasteiger partial charge in [-0.1, -0.05) is 0 Å². The highest BCUT2D eigenvalue weighted by atomic mass is 16.6. The number of hydrogen-bond acceptors (Lipinski definition) is 6. The van der Waals surface area contributed by atoms with E-state index in [-0.39, 0.29) is 5.69 Å². The minimum absolute atomic E-state index is 0.0715. The van der Waals surface area contributed by atoms with Crippen molar-refractivity contribution in [1.29, 1.82) is 0 Å². The Bertz CT molecular complexity index is 706. The lowest BCUT2D eigenvalue weighted by Crippen LogP contribution is -2.46. The number of aromatic nitrogens is 3. The average Bonchev–Trinajstić information content (AvgIpc) is 2.93. The van der Waals surface area contributed by atoms with Gasteiger partial charge in [0.1, 0.15) is 17.8 Å².